The molecule has 2 rings (SSSR count). The minimum atomic E-state index is -0.337. The van der Waals surface area contributed by atoms with Crippen LogP contribution in [-0.2, 0) is 9.47 Å². The first-order chi connectivity index (χ1) is 7.28. The third-order valence-corrected chi connectivity index (χ3v) is 3.16. The maximum absolute atomic E-state index is 6.19. The Labute approximate surface area is 89.3 Å². The van der Waals surface area contributed by atoms with Crippen LogP contribution in [0.2, 0.25) is 0 Å². The van der Waals surface area contributed by atoms with Crippen molar-refractivity contribution in [3.63, 3.8) is 0 Å². The molecule has 1 atom stereocenters. The zero-order valence-corrected chi connectivity index (χ0v) is 8.94. The third kappa shape index (κ3) is 1.93. The van der Waals surface area contributed by atoms with Crippen LogP contribution in [0.5, 0.6) is 0 Å². The van der Waals surface area contributed by atoms with Crippen molar-refractivity contribution in [1.82, 2.24) is 0 Å². The summed E-state index contributed by atoms with van der Waals surface area (Å²) in [5, 5.41) is 0. The van der Waals surface area contributed by atoms with Gasteiger partial charge in [-0.2, -0.15) is 0 Å². The lowest BCUT2D eigenvalue weighted by molar-refractivity contribution is -0.107. The van der Waals surface area contributed by atoms with Gasteiger partial charge in [0.2, 0.25) is 0 Å². The van der Waals surface area contributed by atoms with Crippen LogP contribution in [-0.4, -0.2) is 25.9 Å². The average molecular weight is 211 g/mol. The molecule has 1 aromatic heterocycles. The van der Waals surface area contributed by atoms with Crippen molar-refractivity contribution < 1.29 is 13.9 Å². The van der Waals surface area contributed by atoms with Gasteiger partial charge in [0, 0.05) is 33.2 Å². The number of furan rings is 1. The summed E-state index contributed by atoms with van der Waals surface area (Å²) in [6.07, 6.45) is 3.26. The van der Waals surface area contributed by atoms with Gasteiger partial charge in [0.25, 0.3) is 0 Å². The molecule has 1 fully saturated rings. The van der Waals surface area contributed by atoms with Crippen molar-refractivity contribution in [3.8, 4) is 0 Å². The van der Waals surface area contributed by atoms with Crippen LogP contribution in [0.3, 0.4) is 0 Å². The molecule has 0 aliphatic carbocycles. The Kier molecular flexibility index (Phi) is 3.09. The zero-order chi connectivity index (χ0) is 10.7. The van der Waals surface area contributed by atoms with Crippen LogP contribution in [0, 0.1) is 0 Å². The van der Waals surface area contributed by atoms with Gasteiger partial charge in [-0.1, -0.05) is 0 Å². The molecule has 0 radical (unpaired) electrons. The van der Waals surface area contributed by atoms with Crippen molar-refractivity contribution in [2.24, 2.45) is 5.73 Å². The van der Waals surface area contributed by atoms with Gasteiger partial charge in [0.1, 0.15) is 5.76 Å². The van der Waals surface area contributed by atoms with Gasteiger partial charge < -0.3 is 19.6 Å². The molecule has 1 aliphatic rings. The van der Waals surface area contributed by atoms with Crippen molar-refractivity contribution in [2.75, 3.05) is 20.3 Å². The Hall–Kier alpha value is -0.840. The molecule has 0 bridgehead atoms. The second-order valence-electron chi connectivity index (χ2n) is 3.87. The minimum Gasteiger partial charge on any atom is -0.468 e. The number of hydrogen-bond acceptors (Lipinski definition) is 4. The van der Waals surface area contributed by atoms with E-state index in [2.05, 4.69) is 0 Å². The van der Waals surface area contributed by atoms with Gasteiger partial charge in [-0.3, -0.25) is 0 Å². The molecule has 0 saturated carbocycles. The molecular formula is C11H17NO3. The highest BCUT2D eigenvalue weighted by Gasteiger charge is 2.40. The Morgan fingerprint density at radius 3 is 2.73 bits per heavy atom. The SMILES string of the molecule is COC1(C(N)c2ccco2)CCOCC1. The number of ether oxygens (including phenoxy) is 2. The summed E-state index contributed by atoms with van der Waals surface area (Å²) in [6, 6.07) is 3.51. The summed E-state index contributed by atoms with van der Waals surface area (Å²) in [4.78, 5) is 0. The minimum absolute atomic E-state index is 0.221. The molecule has 0 aromatic carbocycles. The first kappa shape index (κ1) is 10.7. The molecule has 4 heteroatoms. The topological polar surface area (TPSA) is 57.6 Å². The van der Waals surface area contributed by atoms with E-state index in [4.69, 9.17) is 19.6 Å². The van der Waals surface area contributed by atoms with Gasteiger partial charge in [0.15, 0.2) is 0 Å². The second-order valence-corrected chi connectivity index (χ2v) is 3.87. The van der Waals surface area contributed by atoms with Gasteiger partial charge >= 0.3 is 0 Å². The summed E-state index contributed by atoms with van der Waals surface area (Å²) in [5.74, 6) is 0.777. The molecular weight excluding hydrogens is 194 g/mol. The van der Waals surface area contributed by atoms with Gasteiger partial charge in [-0.05, 0) is 12.1 Å². The lowest BCUT2D eigenvalue weighted by Crippen LogP contribution is -2.47. The Balaban J connectivity index is 2.18. The summed E-state index contributed by atoms with van der Waals surface area (Å²) < 4.78 is 16.3. The van der Waals surface area contributed by atoms with E-state index in [9.17, 15) is 0 Å². The van der Waals surface area contributed by atoms with Gasteiger partial charge in [-0.25, -0.2) is 0 Å². The molecule has 15 heavy (non-hydrogen) atoms. The first-order valence-electron chi connectivity index (χ1n) is 5.20. The molecule has 84 valence electrons. The first-order valence-corrected chi connectivity index (χ1v) is 5.20. The Bertz CT molecular complexity index is 291. The fourth-order valence-electron chi connectivity index (χ4n) is 2.09. The fraction of sp³-hybridized carbons (Fsp3) is 0.636. The molecule has 1 aromatic rings. The standard InChI is InChI=1S/C11H17NO3/c1-13-11(4-7-14-8-5-11)10(12)9-3-2-6-15-9/h2-3,6,10H,4-5,7-8,12H2,1H3. The van der Waals surface area contributed by atoms with E-state index in [1.54, 1.807) is 13.4 Å². The number of rotatable bonds is 3. The highest BCUT2D eigenvalue weighted by atomic mass is 16.5. The predicted octanol–water partition coefficient (Wildman–Crippen LogP) is 1.47. The van der Waals surface area contributed by atoms with E-state index in [1.165, 1.54) is 0 Å². The number of nitrogens with two attached hydrogens (primary N) is 1. The lowest BCUT2D eigenvalue weighted by atomic mass is 9.85. The zero-order valence-electron chi connectivity index (χ0n) is 8.94. The molecule has 4 nitrogen and oxygen atoms in total. The largest absolute Gasteiger partial charge is 0.468 e. The highest BCUT2D eigenvalue weighted by Crippen LogP contribution is 2.35. The van der Waals surface area contributed by atoms with E-state index >= 15 is 0 Å². The van der Waals surface area contributed by atoms with E-state index in [0.717, 1.165) is 18.6 Å². The number of methoxy groups -OCH3 is 1. The molecule has 2 N–H and O–H groups in total. The van der Waals surface area contributed by atoms with Crippen molar-refractivity contribution >= 4 is 0 Å². The Morgan fingerprint density at radius 2 is 2.20 bits per heavy atom. The smallest absolute Gasteiger partial charge is 0.123 e. The van der Waals surface area contributed by atoms with Crippen LogP contribution in [0.1, 0.15) is 24.6 Å². The summed E-state index contributed by atoms with van der Waals surface area (Å²) in [5.41, 5.74) is 5.85. The normalized spacial score (nSPS) is 22.5. The van der Waals surface area contributed by atoms with E-state index in [1.807, 2.05) is 12.1 Å². The molecule has 0 amide bonds. The monoisotopic (exact) mass is 211 g/mol. The number of hydrogen-bond donors (Lipinski definition) is 1. The van der Waals surface area contributed by atoms with E-state index in [-0.39, 0.29) is 11.6 Å². The van der Waals surface area contributed by atoms with Gasteiger partial charge in [0.05, 0.1) is 17.9 Å². The summed E-state index contributed by atoms with van der Waals surface area (Å²) in [6.45, 7) is 1.39. The molecule has 0 spiro atoms. The highest BCUT2D eigenvalue weighted by molar-refractivity contribution is 5.10. The Morgan fingerprint density at radius 1 is 1.47 bits per heavy atom. The van der Waals surface area contributed by atoms with Gasteiger partial charge in [-0.15, -0.1) is 0 Å². The van der Waals surface area contributed by atoms with Crippen LogP contribution in [0.4, 0.5) is 0 Å². The average Bonchev–Trinajstić information content (AvgIpc) is 2.82. The fourth-order valence-corrected chi connectivity index (χ4v) is 2.09. The van der Waals surface area contributed by atoms with Crippen LogP contribution < -0.4 is 5.73 Å². The predicted molar refractivity (Wildman–Crippen MR) is 55.4 cm³/mol. The van der Waals surface area contributed by atoms with Crippen LogP contribution >= 0.6 is 0 Å². The second kappa shape index (κ2) is 4.35. The molecule has 1 unspecified atom stereocenters. The summed E-state index contributed by atoms with van der Waals surface area (Å²) in [7, 11) is 1.70. The van der Waals surface area contributed by atoms with E-state index < -0.39 is 0 Å². The van der Waals surface area contributed by atoms with Crippen LogP contribution in [0.25, 0.3) is 0 Å². The maximum atomic E-state index is 6.19. The quantitative estimate of drug-likeness (QED) is 0.822. The van der Waals surface area contributed by atoms with Crippen LogP contribution in [0.15, 0.2) is 22.8 Å². The van der Waals surface area contributed by atoms with Crippen molar-refractivity contribution in [3.05, 3.63) is 24.2 Å². The molecule has 2 heterocycles. The van der Waals surface area contributed by atoms with Crippen molar-refractivity contribution in [1.29, 1.82) is 0 Å². The molecule has 1 aliphatic heterocycles. The van der Waals surface area contributed by atoms with E-state index in [0.29, 0.717) is 13.2 Å². The third-order valence-electron chi connectivity index (χ3n) is 3.16. The summed E-state index contributed by atoms with van der Waals surface area (Å²) >= 11 is 0. The lowest BCUT2D eigenvalue weighted by Gasteiger charge is -2.39. The molecule has 1 saturated heterocycles. The van der Waals surface area contributed by atoms with Crippen molar-refractivity contribution in [2.45, 2.75) is 24.5 Å². The maximum Gasteiger partial charge on any atom is 0.123 e.